The van der Waals surface area contributed by atoms with Crippen LogP contribution in [0.15, 0.2) is 36.4 Å². The predicted octanol–water partition coefficient (Wildman–Crippen LogP) is 1.14. The van der Waals surface area contributed by atoms with Gasteiger partial charge in [-0.2, -0.15) is 0 Å². The molecule has 0 spiro atoms. The van der Waals surface area contributed by atoms with E-state index in [0.29, 0.717) is 11.1 Å². The van der Waals surface area contributed by atoms with Crippen LogP contribution in [0.2, 0.25) is 0 Å². The van der Waals surface area contributed by atoms with E-state index in [9.17, 15) is 9.59 Å². The molecule has 0 bridgehead atoms. The number of carbonyl (C=O) groups is 2. The Kier molecular flexibility index (Phi) is 5.46. The largest absolute Gasteiger partial charge is 0.460 e. The summed E-state index contributed by atoms with van der Waals surface area (Å²) in [6, 6.07) is 9.88. The minimum Gasteiger partial charge on any atom is -0.460 e. The van der Waals surface area contributed by atoms with Crippen LogP contribution < -0.4 is 0 Å². The Labute approximate surface area is 126 Å². The molecule has 0 aliphatic carbocycles. The second-order valence-electron chi connectivity index (χ2n) is 4.50. The SMILES string of the molecule is O=C(OCCO)c1ccc2cc(C(=O)OCCO)ccc2c1. The molecule has 2 rings (SSSR count). The number of ether oxygens (including phenoxy) is 2. The molecule has 0 unspecified atom stereocenters. The summed E-state index contributed by atoms with van der Waals surface area (Å²) in [5.41, 5.74) is 0.744. The van der Waals surface area contributed by atoms with Gasteiger partial charge in [-0.1, -0.05) is 12.1 Å². The van der Waals surface area contributed by atoms with Gasteiger partial charge in [0.2, 0.25) is 0 Å². The molecule has 0 amide bonds. The lowest BCUT2D eigenvalue weighted by atomic mass is 10.0. The Balaban J connectivity index is 2.21. The fraction of sp³-hybridized carbons (Fsp3) is 0.250. The van der Waals surface area contributed by atoms with Gasteiger partial charge in [-0.3, -0.25) is 0 Å². The van der Waals surface area contributed by atoms with Crippen molar-refractivity contribution in [3.05, 3.63) is 47.5 Å². The second kappa shape index (κ2) is 7.53. The van der Waals surface area contributed by atoms with Gasteiger partial charge in [0, 0.05) is 0 Å². The average molecular weight is 304 g/mol. The third-order valence-electron chi connectivity index (χ3n) is 2.96. The summed E-state index contributed by atoms with van der Waals surface area (Å²) < 4.78 is 9.69. The van der Waals surface area contributed by atoms with Crippen LogP contribution in [-0.4, -0.2) is 48.6 Å². The summed E-state index contributed by atoms with van der Waals surface area (Å²) in [4.78, 5) is 23.4. The Morgan fingerprint density at radius 3 is 1.55 bits per heavy atom. The Bertz CT molecular complexity index is 620. The lowest BCUT2D eigenvalue weighted by molar-refractivity contribution is 0.0426. The molecule has 6 heteroatoms. The quantitative estimate of drug-likeness (QED) is 0.777. The smallest absolute Gasteiger partial charge is 0.338 e. The summed E-state index contributed by atoms with van der Waals surface area (Å²) in [7, 11) is 0. The molecule has 2 N–H and O–H groups in total. The van der Waals surface area contributed by atoms with Crippen molar-refractivity contribution in [2.45, 2.75) is 0 Å². The molecule has 0 saturated heterocycles. The average Bonchev–Trinajstić information content (AvgIpc) is 2.56. The molecular weight excluding hydrogens is 288 g/mol. The van der Waals surface area contributed by atoms with Crippen molar-refractivity contribution in [2.24, 2.45) is 0 Å². The number of aliphatic hydroxyl groups is 2. The lowest BCUT2D eigenvalue weighted by Crippen LogP contribution is -2.09. The van der Waals surface area contributed by atoms with Crippen molar-refractivity contribution in [3.63, 3.8) is 0 Å². The van der Waals surface area contributed by atoms with Crippen molar-refractivity contribution in [1.29, 1.82) is 0 Å². The van der Waals surface area contributed by atoms with Crippen LogP contribution in [0.25, 0.3) is 10.8 Å². The molecule has 0 aliphatic rings. The Morgan fingerprint density at radius 2 is 1.18 bits per heavy atom. The zero-order chi connectivity index (χ0) is 15.9. The molecule has 6 nitrogen and oxygen atoms in total. The first-order valence-electron chi connectivity index (χ1n) is 6.75. The van der Waals surface area contributed by atoms with Crippen LogP contribution in [0.4, 0.5) is 0 Å². The van der Waals surface area contributed by atoms with E-state index in [1.54, 1.807) is 36.4 Å². The highest BCUT2D eigenvalue weighted by atomic mass is 16.5. The maximum absolute atomic E-state index is 11.7. The molecule has 22 heavy (non-hydrogen) atoms. The number of carbonyl (C=O) groups excluding carboxylic acids is 2. The van der Waals surface area contributed by atoms with Gasteiger partial charge in [0.15, 0.2) is 0 Å². The minimum atomic E-state index is -0.512. The van der Waals surface area contributed by atoms with Gasteiger partial charge in [-0.15, -0.1) is 0 Å². The van der Waals surface area contributed by atoms with Gasteiger partial charge >= 0.3 is 11.9 Å². The summed E-state index contributed by atoms with van der Waals surface area (Å²) in [5.74, 6) is -1.02. The molecule has 0 atom stereocenters. The number of rotatable bonds is 6. The minimum absolute atomic E-state index is 0.0491. The summed E-state index contributed by atoms with van der Waals surface area (Å²) in [6.45, 7) is -0.545. The molecule has 0 heterocycles. The van der Waals surface area contributed by atoms with Crippen molar-refractivity contribution in [1.82, 2.24) is 0 Å². The van der Waals surface area contributed by atoms with Gasteiger partial charge in [0.25, 0.3) is 0 Å². The third kappa shape index (κ3) is 3.81. The first kappa shape index (κ1) is 15.9. The van der Waals surface area contributed by atoms with Gasteiger partial charge < -0.3 is 19.7 Å². The first-order valence-corrected chi connectivity index (χ1v) is 6.75. The molecule has 2 aromatic rings. The highest BCUT2D eigenvalue weighted by molar-refractivity contribution is 5.98. The molecule has 0 fully saturated rings. The predicted molar refractivity (Wildman–Crippen MR) is 78.7 cm³/mol. The molecule has 2 aromatic carbocycles. The highest BCUT2D eigenvalue weighted by Gasteiger charge is 2.10. The van der Waals surface area contributed by atoms with Crippen LogP contribution in [0.3, 0.4) is 0 Å². The van der Waals surface area contributed by atoms with Gasteiger partial charge in [-0.25, -0.2) is 9.59 Å². The maximum atomic E-state index is 11.7. The topological polar surface area (TPSA) is 93.1 Å². The summed E-state index contributed by atoms with van der Waals surface area (Å²) in [6.07, 6.45) is 0. The number of aliphatic hydroxyl groups excluding tert-OH is 2. The van der Waals surface area contributed by atoms with E-state index in [-0.39, 0.29) is 26.4 Å². The van der Waals surface area contributed by atoms with E-state index in [1.165, 1.54) is 0 Å². The molecule has 0 saturated carbocycles. The van der Waals surface area contributed by atoms with Crippen LogP contribution >= 0.6 is 0 Å². The zero-order valence-corrected chi connectivity index (χ0v) is 11.8. The van der Waals surface area contributed by atoms with Crippen LogP contribution in [0, 0.1) is 0 Å². The van der Waals surface area contributed by atoms with E-state index in [0.717, 1.165) is 10.8 Å². The first-order chi connectivity index (χ1) is 10.7. The van der Waals surface area contributed by atoms with Gasteiger partial charge in [-0.05, 0) is 35.0 Å². The molecule has 0 radical (unpaired) electrons. The molecule has 116 valence electrons. The lowest BCUT2D eigenvalue weighted by Gasteiger charge is -2.06. The molecule has 0 aliphatic heterocycles. The maximum Gasteiger partial charge on any atom is 0.338 e. The van der Waals surface area contributed by atoms with E-state index >= 15 is 0 Å². The standard InChI is InChI=1S/C16H16O6/c17-5-7-21-15(19)13-3-1-11-9-14(4-2-12(11)10-13)16(20)22-8-6-18/h1-4,9-10,17-18H,5-8H2. The monoisotopic (exact) mass is 304 g/mol. The fourth-order valence-corrected chi connectivity index (χ4v) is 1.94. The van der Waals surface area contributed by atoms with Gasteiger partial charge in [0.05, 0.1) is 24.3 Å². The second-order valence-corrected chi connectivity index (χ2v) is 4.50. The fourth-order valence-electron chi connectivity index (χ4n) is 1.94. The number of esters is 2. The van der Waals surface area contributed by atoms with Gasteiger partial charge in [0.1, 0.15) is 13.2 Å². The van der Waals surface area contributed by atoms with E-state index in [4.69, 9.17) is 19.7 Å². The van der Waals surface area contributed by atoms with E-state index < -0.39 is 11.9 Å². The molecular formula is C16H16O6. The zero-order valence-electron chi connectivity index (χ0n) is 11.8. The van der Waals surface area contributed by atoms with E-state index in [2.05, 4.69) is 0 Å². The third-order valence-corrected chi connectivity index (χ3v) is 2.96. The number of fused-ring (bicyclic) bond motifs is 1. The van der Waals surface area contributed by atoms with Crippen molar-refractivity contribution < 1.29 is 29.3 Å². The van der Waals surface area contributed by atoms with Crippen molar-refractivity contribution in [3.8, 4) is 0 Å². The summed E-state index contributed by atoms with van der Waals surface area (Å²) >= 11 is 0. The highest BCUT2D eigenvalue weighted by Crippen LogP contribution is 2.19. The number of hydrogen-bond acceptors (Lipinski definition) is 6. The number of benzene rings is 2. The summed E-state index contributed by atoms with van der Waals surface area (Å²) in [5, 5.41) is 18.8. The molecule has 0 aromatic heterocycles. The van der Waals surface area contributed by atoms with Crippen LogP contribution in [0.1, 0.15) is 20.7 Å². The van der Waals surface area contributed by atoms with Crippen molar-refractivity contribution in [2.75, 3.05) is 26.4 Å². The van der Waals surface area contributed by atoms with Crippen molar-refractivity contribution >= 4 is 22.7 Å². The van der Waals surface area contributed by atoms with E-state index in [1.807, 2.05) is 0 Å². The van der Waals surface area contributed by atoms with Crippen LogP contribution in [0.5, 0.6) is 0 Å². The Hall–Kier alpha value is -2.44. The normalized spacial score (nSPS) is 10.5. The van der Waals surface area contributed by atoms with Crippen LogP contribution in [-0.2, 0) is 9.47 Å². The Morgan fingerprint density at radius 1 is 0.773 bits per heavy atom. The number of hydrogen-bond donors (Lipinski definition) is 2.